The number of nitrogens with zero attached hydrogens (tertiary/aromatic N) is 1. The Morgan fingerprint density at radius 1 is 1.62 bits per heavy atom. The molecule has 0 spiro atoms. The van der Waals surface area contributed by atoms with Crippen LogP contribution in [0.15, 0.2) is 18.3 Å². The smallest absolute Gasteiger partial charge is 0.261 e. The molecule has 0 aliphatic heterocycles. The fourth-order valence-corrected chi connectivity index (χ4v) is 2.22. The van der Waals surface area contributed by atoms with Gasteiger partial charge in [0.2, 0.25) is 0 Å². The van der Waals surface area contributed by atoms with Crippen LogP contribution in [0.5, 0.6) is 0 Å². The van der Waals surface area contributed by atoms with Crippen molar-refractivity contribution in [1.82, 2.24) is 15.3 Å². The molecular formula is C10H10ClN3OS. The van der Waals surface area contributed by atoms with Crippen LogP contribution in [0.2, 0.25) is 4.34 Å². The number of hydrogen-bond acceptors (Lipinski definition) is 3. The summed E-state index contributed by atoms with van der Waals surface area (Å²) in [7, 11) is 0. The highest BCUT2D eigenvalue weighted by molar-refractivity contribution is 7.17. The quantitative estimate of drug-likeness (QED) is 0.885. The molecule has 0 fully saturated rings. The summed E-state index contributed by atoms with van der Waals surface area (Å²) in [5, 5.41) is 2.78. The predicted molar refractivity (Wildman–Crippen MR) is 63.8 cm³/mol. The standard InChI is InChI=1S/C10H10ClN3OS/c1-6-12-4-7(14-6)5-13-10(15)8-2-3-9(11)16-8/h2-4H,5H2,1H3,(H,12,14)(H,13,15). The Morgan fingerprint density at radius 3 is 3.00 bits per heavy atom. The van der Waals surface area contributed by atoms with Crippen LogP contribution in [0.25, 0.3) is 0 Å². The van der Waals surface area contributed by atoms with Crippen LogP contribution in [0.3, 0.4) is 0 Å². The van der Waals surface area contributed by atoms with E-state index in [1.165, 1.54) is 11.3 Å². The second kappa shape index (κ2) is 4.67. The zero-order chi connectivity index (χ0) is 11.5. The Balaban J connectivity index is 1.93. The van der Waals surface area contributed by atoms with Crippen LogP contribution in [0.1, 0.15) is 21.2 Å². The first-order chi connectivity index (χ1) is 7.65. The van der Waals surface area contributed by atoms with E-state index in [9.17, 15) is 4.79 Å². The molecule has 0 saturated heterocycles. The number of imidazole rings is 1. The van der Waals surface area contributed by atoms with Crippen molar-refractivity contribution in [3.05, 3.63) is 39.1 Å². The van der Waals surface area contributed by atoms with Crippen molar-refractivity contribution in [2.75, 3.05) is 0 Å². The average molecular weight is 256 g/mol. The monoisotopic (exact) mass is 255 g/mol. The minimum absolute atomic E-state index is 0.121. The van der Waals surface area contributed by atoms with E-state index in [0.717, 1.165) is 11.5 Å². The maximum absolute atomic E-state index is 11.6. The Hall–Kier alpha value is -1.33. The SMILES string of the molecule is Cc1ncc(CNC(=O)c2ccc(Cl)s2)[nH]1. The number of carbonyl (C=O) groups is 1. The van der Waals surface area contributed by atoms with Crippen LogP contribution in [-0.2, 0) is 6.54 Å². The van der Waals surface area contributed by atoms with Gasteiger partial charge in [-0.25, -0.2) is 4.98 Å². The van der Waals surface area contributed by atoms with Crippen molar-refractivity contribution >= 4 is 28.8 Å². The summed E-state index contributed by atoms with van der Waals surface area (Å²) in [5.74, 6) is 0.715. The minimum atomic E-state index is -0.121. The Morgan fingerprint density at radius 2 is 2.44 bits per heavy atom. The Kier molecular flexibility index (Phi) is 3.26. The van der Waals surface area contributed by atoms with E-state index in [-0.39, 0.29) is 5.91 Å². The molecule has 16 heavy (non-hydrogen) atoms. The predicted octanol–water partition coefficient (Wildman–Crippen LogP) is 2.36. The number of amides is 1. The number of aryl methyl sites for hydroxylation is 1. The molecule has 0 bridgehead atoms. The van der Waals surface area contributed by atoms with Crippen molar-refractivity contribution in [2.24, 2.45) is 0 Å². The van der Waals surface area contributed by atoms with Gasteiger partial charge in [0.15, 0.2) is 0 Å². The first kappa shape index (κ1) is 11.2. The van der Waals surface area contributed by atoms with Gasteiger partial charge in [0.05, 0.1) is 27.6 Å². The lowest BCUT2D eigenvalue weighted by molar-refractivity contribution is 0.0954. The molecule has 2 aromatic heterocycles. The normalized spacial score (nSPS) is 10.4. The molecule has 2 aromatic rings. The third-order valence-corrected chi connectivity index (χ3v) is 3.22. The van der Waals surface area contributed by atoms with Crippen LogP contribution in [0, 0.1) is 6.92 Å². The summed E-state index contributed by atoms with van der Waals surface area (Å²) in [6.45, 7) is 2.31. The molecule has 6 heteroatoms. The second-order valence-corrected chi connectivity index (χ2v) is 5.00. The lowest BCUT2D eigenvalue weighted by Gasteiger charge is -2.00. The van der Waals surface area contributed by atoms with Crippen molar-refractivity contribution in [1.29, 1.82) is 0 Å². The first-order valence-electron chi connectivity index (χ1n) is 4.69. The van der Waals surface area contributed by atoms with Gasteiger partial charge in [-0.1, -0.05) is 11.6 Å². The summed E-state index contributed by atoms with van der Waals surface area (Å²) in [4.78, 5) is 19.3. The van der Waals surface area contributed by atoms with Crippen molar-refractivity contribution in [2.45, 2.75) is 13.5 Å². The molecule has 0 aliphatic rings. The molecule has 84 valence electrons. The van der Waals surface area contributed by atoms with E-state index in [1.54, 1.807) is 18.3 Å². The summed E-state index contributed by atoms with van der Waals surface area (Å²) < 4.78 is 0.613. The molecule has 2 heterocycles. The average Bonchev–Trinajstić information content (AvgIpc) is 2.84. The highest BCUT2D eigenvalue weighted by atomic mass is 35.5. The topological polar surface area (TPSA) is 57.8 Å². The molecule has 0 radical (unpaired) electrons. The van der Waals surface area contributed by atoms with E-state index in [2.05, 4.69) is 15.3 Å². The van der Waals surface area contributed by atoms with E-state index in [1.807, 2.05) is 6.92 Å². The summed E-state index contributed by atoms with van der Waals surface area (Å²) in [6, 6.07) is 3.42. The molecule has 4 nitrogen and oxygen atoms in total. The van der Waals surface area contributed by atoms with Gasteiger partial charge in [-0.15, -0.1) is 11.3 Å². The van der Waals surface area contributed by atoms with Crippen LogP contribution >= 0.6 is 22.9 Å². The number of hydrogen-bond donors (Lipinski definition) is 2. The lowest BCUT2D eigenvalue weighted by atomic mass is 10.4. The molecule has 1 amide bonds. The zero-order valence-electron chi connectivity index (χ0n) is 8.58. The number of halogens is 1. The molecule has 0 aromatic carbocycles. The van der Waals surface area contributed by atoms with Gasteiger partial charge in [-0.05, 0) is 19.1 Å². The van der Waals surface area contributed by atoms with Gasteiger partial charge in [0, 0.05) is 0 Å². The molecule has 0 aliphatic carbocycles. The number of aromatic nitrogens is 2. The number of nitrogens with one attached hydrogen (secondary N) is 2. The van der Waals surface area contributed by atoms with Crippen LogP contribution in [-0.4, -0.2) is 15.9 Å². The van der Waals surface area contributed by atoms with E-state index in [0.29, 0.717) is 15.8 Å². The summed E-state index contributed by atoms with van der Waals surface area (Å²) >= 11 is 7.01. The molecular weight excluding hydrogens is 246 g/mol. The lowest BCUT2D eigenvalue weighted by Crippen LogP contribution is -2.21. The van der Waals surface area contributed by atoms with Crippen LogP contribution < -0.4 is 5.32 Å². The maximum atomic E-state index is 11.6. The number of thiophene rings is 1. The van der Waals surface area contributed by atoms with Gasteiger partial charge in [0.25, 0.3) is 5.91 Å². The second-order valence-electron chi connectivity index (χ2n) is 3.28. The minimum Gasteiger partial charge on any atom is -0.346 e. The third-order valence-electron chi connectivity index (χ3n) is 1.99. The van der Waals surface area contributed by atoms with Gasteiger partial charge in [0.1, 0.15) is 5.82 Å². The van der Waals surface area contributed by atoms with Crippen molar-refractivity contribution < 1.29 is 4.79 Å². The number of H-pyrrole nitrogens is 1. The van der Waals surface area contributed by atoms with Gasteiger partial charge < -0.3 is 10.3 Å². The van der Waals surface area contributed by atoms with Gasteiger partial charge in [-0.3, -0.25) is 4.79 Å². The van der Waals surface area contributed by atoms with E-state index < -0.39 is 0 Å². The number of aromatic amines is 1. The van der Waals surface area contributed by atoms with Crippen molar-refractivity contribution in [3.63, 3.8) is 0 Å². The summed E-state index contributed by atoms with van der Waals surface area (Å²) in [6.07, 6.45) is 1.71. The maximum Gasteiger partial charge on any atom is 0.261 e. The molecule has 2 rings (SSSR count). The van der Waals surface area contributed by atoms with Crippen LogP contribution in [0.4, 0.5) is 0 Å². The highest BCUT2D eigenvalue weighted by Crippen LogP contribution is 2.21. The third kappa shape index (κ3) is 2.62. The number of rotatable bonds is 3. The highest BCUT2D eigenvalue weighted by Gasteiger charge is 2.08. The summed E-state index contributed by atoms with van der Waals surface area (Å²) in [5.41, 5.74) is 0.883. The Labute approximate surface area is 102 Å². The molecule has 0 atom stereocenters. The van der Waals surface area contributed by atoms with Gasteiger partial charge >= 0.3 is 0 Å². The number of carbonyl (C=O) groups excluding carboxylic acids is 1. The largest absolute Gasteiger partial charge is 0.346 e. The Bertz CT molecular complexity index is 506. The fraction of sp³-hybridized carbons (Fsp3) is 0.200. The van der Waals surface area contributed by atoms with Gasteiger partial charge in [-0.2, -0.15) is 0 Å². The fourth-order valence-electron chi connectivity index (χ4n) is 1.26. The van der Waals surface area contributed by atoms with E-state index >= 15 is 0 Å². The molecule has 0 saturated carbocycles. The molecule has 0 unspecified atom stereocenters. The first-order valence-corrected chi connectivity index (χ1v) is 5.88. The zero-order valence-corrected chi connectivity index (χ0v) is 10.2. The van der Waals surface area contributed by atoms with E-state index in [4.69, 9.17) is 11.6 Å². The molecule has 2 N–H and O–H groups in total. The van der Waals surface area contributed by atoms with Crippen molar-refractivity contribution in [3.8, 4) is 0 Å².